The molecule has 3 rings (SSSR count). The Morgan fingerprint density at radius 2 is 2.39 bits per heavy atom. The standard InChI is InChI=1S/C15H15FN6O/c16-13-7-10(4-6-19-13)20-15-11(14(18)23)8-22(21-15)12(3-5-17)9-1-2-9/h4,6-9,12H,1-3H2,(H2,18,23)(H,19,20,21)/t12-/m0/s1. The fourth-order valence-corrected chi connectivity index (χ4v) is 2.50. The number of nitrogens with two attached hydrogens (primary N) is 1. The maximum atomic E-state index is 13.2. The lowest BCUT2D eigenvalue weighted by atomic mass is 10.1. The maximum Gasteiger partial charge on any atom is 0.254 e. The van der Waals surface area contributed by atoms with Crippen LogP contribution in [-0.4, -0.2) is 20.7 Å². The van der Waals surface area contributed by atoms with Gasteiger partial charge in [-0.05, 0) is 24.8 Å². The predicted octanol–water partition coefficient (Wildman–Crippen LogP) is 2.12. The molecule has 2 heterocycles. The van der Waals surface area contributed by atoms with Gasteiger partial charge in [0.2, 0.25) is 5.95 Å². The number of anilines is 2. The van der Waals surface area contributed by atoms with Crippen molar-refractivity contribution in [1.82, 2.24) is 14.8 Å². The second-order valence-corrected chi connectivity index (χ2v) is 5.49. The number of hydrogen-bond donors (Lipinski definition) is 2. The van der Waals surface area contributed by atoms with Crippen LogP contribution in [0.2, 0.25) is 0 Å². The number of carbonyl (C=O) groups is 1. The van der Waals surface area contributed by atoms with Crippen LogP contribution in [0.25, 0.3) is 0 Å². The molecule has 0 aliphatic heterocycles. The largest absolute Gasteiger partial charge is 0.365 e. The van der Waals surface area contributed by atoms with Gasteiger partial charge in [0, 0.05) is 24.1 Å². The van der Waals surface area contributed by atoms with Crippen molar-refractivity contribution in [2.24, 2.45) is 11.7 Å². The average Bonchev–Trinajstić information content (AvgIpc) is 3.25. The summed E-state index contributed by atoms with van der Waals surface area (Å²) in [5, 5.41) is 16.2. The second kappa shape index (κ2) is 6.04. The molecular weight excluding hydrogens is 299 g/mol. The number of rotatable bonds is 6. The van der Waals surface area contributed by atoms with Gasteiger partial charge in [-0.3, -0.25) is 9.48 Å². The molecule has 0 saturated heterocycles. The SMILES string of the molecule is N#CC[C@@H](C1CC1)n1cc(C(N)=O)c(Nc2ccnc(F)c2)n1. The zero-order chi connectivity index (χ0) is 16.4. The van der Waals surface area contributed by atoms with Gasteiger partial charge in [-0.25, -0.2) is 4.98 Å². The highest BCUT2D eigenvalue weighted by atomic mass is 19.1. The molecule has 0 aromatic carbocycles. The molecule has 0 bridgehead atoms. The smallest absolute Gasteiger partial charge is 0.254 e. The highest BCUT2D eigenvalue weighted by molar-refractivity contribution is 5.98. The van der Waals surface area contributed by atoms with Gasteiger partial charge in [0.1, 0.15) is 5.56 Å². The number of amides is 1. The molecule has 0 radical (unpaired) electrons. The summed E-state index contributed by atoms with van der Waals surface area (Å²) < 4.78 is 14.8. The molecule has 1 fully saturated rings. The Morgan fingerprint density at radius 1 is 1.61 bits per heavy atom. The van der Waals surface area contributed by atoms with Crippen LogP contribution in [0.3, 0.4) is 0 Å². The van der Waals surface area contributed by atoms with E-state index in [1.165, 1.54) is 12.3 Å². The fourth-order valence-electron chi connectivity index (χ4n) is 2.50. The second-order valence-electron chi connectivity index (χ2n) is 5.49. The number of pyridine rings is 1. The van der Waals surface area contributed by atoms with Gasteiger partial charge < -0.3 is 11.1 Å². The van der Waals surface area contributed by atoms with Gasteiger partial charge in [0.25, 0.3) is 5.91 Å². The van der Waals surface area contributed by atoms with Crippen LogP contribution in [0.1, 0.15) is 35.7 Å². The summed E-state index contributed by atoms with van der Waals surface area (Å²) in [7, 11) is 0. The Labute approximate surface area is 131 Å². The highest BCUT2D eigenvalue weighted by Gasteiger charge is 2.33. The number of nitriles is 1. The Balaban J connectivity index is 1.92. The lowest BCUT2D eigenvalue weighted by Crippen LogP contribution is -2.12. The van der Waals surface area contributed by atoms with E-state index >= 15 is 0 Å². The molecule has 0 spiro atoms. The van der Waals surface area contributed by atoms with Crippen molar-refractivity contribution < 1.29 is 9.18 Å². The Morgan fingerprint density at radius 3 is 3.00 bits per heavy atom. The Kier molecular flexibility index (Phi) is 3.93. The van der Waals surface area contributed by atoms with Crippen LogP contribution in [0.15, 0.2) is 24.5 Å². The van der Waals surface area contributed by atoms with Crippen molar-refractivity contribution in [1.29, 1.82) is 5.26 Å². The zero-order valence-electron chi connectivity index (χ0n) is 12.2. The van der Waals surface area contributed by atoms with Gasteiger partial charge >= 0.3 is 0 Å². The third-order valence-electron chi connectivity index (χ3n) is 3.79. The molecule has 1 aliphatic carbocycles. The van der Waals surface area contributed by atoms with Crippen LogP contribution in [0.5, 0.6) is 0 Å². The monoisotopic (exact) mass is 314 g/mol. The lowest BCUT2D eigenvalue weighted by Gasteiger charge is -2.12. The quantitative estimate of drug-likeness (QED) is 0.794. The molecule has 0 unspecified atom stereocenters. The normalized spacial score (nSPS) is 15.0. The molecule has 3 N–H and O–H groups in total. The van der Waals surface area contributed by atoms with Crippen molar-refractivity contribution >= 4 is 17.4 Å². The van der Waals surface area contributed by atoms with Gasteiger partial charge in [0.15, 0.2) is 5.82 Å². The zero-order valence-corrected chi connectivity index (χ0v) is 12.2. The van der Waals surface area contributed by atoms with Crippen molar-refractivity contribution in [3.05, 3.63) is 36.0 Å². The van der Waals surface area contributed by atoms with E-state index in [9.17, 15) is 9.18 Å². The van der Waals surface area contributed by atoms with Gasteiger partial charge in [-0.15, -0.1) is 0 Å². The number of hydrogen-bond acceptors (Lipinski definition) is 5. The molecule has 7 nitrogen and oxygen atoms in total. The first-order valence-electron chi connectivity index (χ1n) is 7.23. The number of nitrogens with one attached hydrogen (secondary N) is 1. The molecule has 1 atom stereocenters. The van der Waals surface area contributed by atoms with E-state index in [0.717, 1.165) is 12.8 Å². The third-order valence-corrected chi connectivity index (χ3v) is 3.79. The van der Waals surface area contributed by atoms with Crippen LogP contribution in [0, 0.1) is 23.2 Å². The Bertz CT molecular complexity index is 777. The lowest BCUT2D eigenvalue weighted by molar-refractivity contribution is 0.100. The number of aromatic nitrogens is 3. The van der Waals surface area contributed by atoms with Crippen LogP contribution >= 0.6 is 0 Å². The number of primary amides is 1. The van der Waals surface area contributed by atoms with Gasteiger partial charge in [-0.2, -0.15) is 14.8 Å². The van der Waals surface area contributed by atoms with Crippen LogP contribution in [-0.2, 0) is 0 Å². The van der Waals surface area contributed by atoms with E-state index in [2.05, 4.69) is 21.5 Å². The number of carbonyl (C=O) groups excluding carboxylic acids is 1. The van der Waals surface area contributed by atoms with Gasteiger partial charge in [-0.1, -0.05) is 0 Å². The van der Waals surface area contributed by atoms with E-state index in [-0.39, 0.29) is 17.4 Å². The maximum absolute atomic E-state index is 13.2. The van der Waals surface area contributed by atoms with Crippen molar-refractivity contribution in [2.45, 2.75) is 25.3 Å². The highest BCUT2D eigenvalue weighted by Crippen LogP contribution is 2.41. The summed E-state index contributed by atoms with van der Waals surface area (Å²) in [5.41, 5.74) is 6.00. The van der Waals surface area contributed by atoms with Crippen LogP contribution in [0.4, 0.5) is 15.9 Å². The Hall–Kier alpha value is -2.95. The van der Waals surface area contributed by atoms with E-state index in [4.69, 9.17) is 11.0 Å². The molecule has 2 aromatic rings. The van der Waals surface area contributed by atoms with Crippen molar-refractivity contribution in [3.63, 3.8) is 0 Å². The van der Waals surface area contributed by atoms with E-state index in [1.807, 2.05) is 0 Å². The molecule has 2 aromatic heterocycles. The molecule has 118 valence electrons. The topological polar surface area (TPSA) is 110 Å². The van der Waals surface area contributed by atoms with E-state index in [0.29, 0.717) is 18.0 Å². The first-order valence-corrected chi connectivity index (χ1v) is 7.23. The summed E-state index contributed by atoms with van der Waals surface area (Å²) in [6.07, 6.45) is 5.24. The first kappa shape index (κ1) is 15.0. The molecule has 1 aliphatic rings. The molecule has 23 heavy (non-hydrogen) atoms. The summed E-state index contributed by atoms with van der Waals surface area (Å²) in [6, 6.07) is 4.81. The minimum atomic E-state index is -0.643. The van der Waals surface area contributed by atoms with E-state index < -0.39 is 11.9 Å². The van der Waals surface area contributed by atoms with Gasteiger partial charge in [0.05, 0.1) is 18.5 Å². The summed E-state index contributed by atoms with van der Waals surface area (Å²) in [5.74, 6) is -0.650. The summed E-state index contributed by atoms with van der Waals surface area (Å²) in [4.78, 5) is 15.1. The van der Waals surface area contributed by atoms with Crippen molar-refractivity contribution in [3.8, 4) is 6.07 Å². The van der Waals surface area contributed by atoms with E-state index in [1.54, 1.807) is 16.9 Å². The third kappa shape index (κ3) is 3.29. The number of halogens is 1. The van der Waals surface area contributed by atoms with Crippen molar-refractivity contribution in [2.75, 3.05) is 5.32 Å². The molecule has 1 amide bonds. The molecular formula is C15H15FN6O. The number of nitrogens with zero attached hydrogens (tertiary/aromatic N) is 4. The predicted molar refractivity (Wildman–Crippen MR) is 80.2 cm³/mol. The van der Waals surface area contributed by atoms with Crippen LogP contribution < -0.4 is 11.1 Å². The summed E-state index contributed by atoms with van der Waals surface area (Å²) in [6.45, 7) is 0. The first-order chi connectivity index (χ1) is 11.1. The average molecular weight is 314 g/mol. The summed E-state index contributed by atoms with van der Waals surface area (Å²) >= 11 is 0. The fraction of sp³-hybridized carbons (Fsp3) is 0.333. The minimum Gasteiger partial charge on any atom is -0.365 e. The molecule has 1 saturated carbocycles. The molecule has 8 heteroatoms. The minimum absolute atomic E-state index is 0.0807.